The second kappa shape index (κ2) is 4.42. The van der Waals surface area contributed by atoms with Crippen molar-refractivity contribution < 1.29 is 5.11 Å². The molecule has 0 saturated carbocycles. The molecule has 0 amide bonds. The van der Waals surface area contributed by atoms with Gasteiger partial charge in [-0.25, -0.2) is 0 Å². The Morgan fingerprint density at radius 2 is 2.33 bits per heavy atom. The molecular weight excluding hydrogens is 210 g/mol. The predicted molar refractivity (Wildman–Crippen MR) is 63.4 cm³/mol. The van der Waals surface area contributed by atoms with Crippen LogP contribution in [0.25, 0.3) is 0 Å². The van der Waals surface area contributed by atoms with Crippen molar-refractivity contribution >= 4 is 17.3 Å². The second-order valence-corrected chi connectivity index (χ2v) is 4.71. The topological polar surface area (TPSA) is 23.5 Å². The van der Waals surface area contributed by atoms with Crippen LogP contribution in [0.4, 0.5) is 5.69 Å². The van der Waals surface area contributed by atoms with Gasteiger partial charge in [-0.1, -0.05) is 24.6 Å². The minimum atomic E-state index is 0.0807. The van der Waals surface area contributed by atoms with Crippen LogP contribution in [0.1, 0.15) is 18.9 Å². The average Bonchev–Trinajstić information content (AvgIpc) is 2.65. The van der Waals surface area contributed by atoms with Gasteiger partial charge in [0.15, 0.2) is 0 Å². The quantitative estimate of drug-likeness (QED) is 0.837. The molecule has 1 fully saturated rings. The van der Waals surface area contributed by atoms with E-state index in [4.69, 9.17) is 11.6 Å². The Morgan fingerprint density at radius 3 is 2.93 bits per heavy atom. The molecule has 1 aromatic rings. The molecule has 1 aliphatic rings. The molecule has 3 heteroatoms. The van der Waals surface area contributed by atoms with E-state index in [1.807, 2.05) is 18.2 Å². The van der Waals surface area contributed by atoms with E-state index in [1.54, 1.807) is 0 Å². The van der Waals surface area contributed by atoms with E-state index < -0.39 is 0 Å². The number of rotatable bonds is 2. The SMILES string of the molecule is CC1CCN(c2cc(Cl)ccc2CO)C1. The van der Waals surface area contributed by atoms with Crippen LogP contribution in [0.5, 0.6) is 0 Å². The van der Waals surface area contributed by atoms with E-state index in [0.29, 0.717) is 0 Å². The van der Waals surface area contributed by atoms with E-state index >= 15 is 0 Å². The molecular formula is C12H16ClNO. The third-order valence-electron chi connectivity index (χ3n) is 2.98. The summed E-state index contributed by atoms with van der Waals surface area (Å²) in [6.45, 7) is 4.46. The monoisotopic (exact) mass is 225 g/mol. The summed E-state index contributed by atoms with van der Waals surface area (Å²) in [6, 6.07) is 5.68. The lowest BCUT2D eigenvalue weighted by Crippen LogP contribution is -2.20. The lowest BCUT2D eigenvalue weighted by Gasteiger charge is -2.21. The molecule has 82 valence electrons. The van der Waals surface area contributed by atoms with E-state index in [9.17, 15) is 5.11 Å². The zero-order valence-electron chi connectivity index (χ0n) is 8.91. The third kappa shape index (κ3) is 2.27. The molecule has 0 radical (unpaired) electrons. The number of anilines is 1. The van der Waals surface area contributed by atoms with Crippen molar-refractivity contribution in [2.24, 2.45) is 5.92 Å². The first-order valence-electron chi connectivity index (χ1n) is 5.35. The smallest absolute Gasteiger partial charge is 0.0702 e. The Balaban J connectivity index is 2.29. The Morgan fingerprint density at radius 1 is 1.53 bits per heavy atom. The number of benzene rings is 1. The first-order valence-corrected chi connectivity index (χ1v) is 5.72. The van der Waals surface area contributed by atoms with Crippen molar-refractivity contribution in [3.05, 3.63) is 28.8 Å². The Hall–Kier alpha value is -0.730. The average molecular weight is 226 g/mol. The molecule has 1 aliphatic heterocycles. The number of aliphatic hydroxyl groups excluding tert-OH is 1. The van der Waals surface area contributed by atoms with Crippen molar-refractivity contribution in [2.45, 2.75) is 20.0 Å². The molecule has 0 spiro atoms. The summed E-state index contributed by atoms with van der Waals surface area (Å²) in [5, 5.41) is 10.0. The summed E-state index contributed by atoms with van der Waals surface area (Å²) in [4.78, 5) is 2.31. The molecule has 1 heterocycles. The standard InChI is InChI=1S/C12H16ClNO/c1-9-4-5-14(7-9)12-6-11(13)3-2-10(12)8-15/h2-3,6,9,15H,4-5,7-8H2,1H3. The maximum Gasteiger partial charge on any atom is 0.0702 e. The van der Waals surface area contributed by atoms with Gasteiger partial charge in [-0.2, -0.15) is 0 Å². The first kappa shape index (κ1) is 10.8. The molecule has 2 rings (SSSR count). The molecule has 1 aromatic carbocycles. The Bertz CT molecular complexity index is 353. The summed E-state index contributed by atoms with van der Waals surface area (Å²) in [5.74, 6) is 0.732. The highest BCUT2D eigenvalue weighted by Crippen LogP contribution is 2.29. The zero-order valence-corrected chi connectivity index (χ0v) is 9.67. The minimum Gasteiger partial charge on any atom is -0.392 e. The highest BCUT2D eigenvalue weighted by molar-refractivity contribution is 6.30. The number of nitrogens with zero attached hydrogens (tertiary/aromatic N) is 1. The lowest BCUT2D eigenvalue weighted by molar-refractivity contribution is 0.282. The van der Waals surface area contributed by atoms with Gasteiger partial charge >= 0.3 is 0 Å². The molecule has 2 nitrogen and oxygen atoms in total. The van der Waals surface area contributed by atoms with E-state index in [1.165, 1.54) is 6.42 Å². The van der Waals surface area contributed by atoms with Crippen LogP contribution in [-0.4, -0.2) is 18.2 Å². The van der Waals surface area contributed by atoms with E-state index in [-0.39, 0.29) is 6.61 Å². The number of halogens is 1. The molecule has 0 bridgehead atoms. The van der Waals surface area contributed by atoms with E-state index in [0.717, 1.165) is 35.3 Å². The summed E-state index contributed by atoms with van der Waals surface area (Å²) in [5.41, 5.74) is 2.06. The maximum atomic E-state index is 9.27. The van der Waals surface area contributed by atoms with Crippen LogP contribution >= 0.6 is 11.6 Å². The van der Waals surface area contributed by atoms with Gasteiger partial charge in [-0.3, -0.25) is 0 Å². The first-order chi connectivity index (χ1) is 7.20. The highest BCUT2D eigenvalue weighted by atomic mass is 35.5. The van der Waals surface area contributed by atoms with Crippen LogP contribution in [-0.2, 0) is 6.61 Å². The van der Waals surface area contributed by atoms with Crippen LogP contribution in [0.2, 0.25) is 5.02 Å². The third-order valence-corrected chi connectivity index (χ3v) is 3.22. The minimum absolute atomic E-state index is 0.0807. The fourth-order valence-electron chi connectivity index (χ4n) is 2.12. The molecule has 1 atom stereocenters. The Labute approximate surface area is 95.5 Å². The molecule has 1 saturated heterocycles. The van der Waals surface area contributed by atoms with E-state index in [2.05, 4.69) is 11.8 Å². The normalized spacial score (nSPS) is 21.0. The van der Waals surface area contributed by atoms with Crippen LogP contribution < -0.4 is 4.90 Å². The fraction of sp³-hybridized carbons (Fsp3) is 0.500. The fourth-order valence-corrected chi connectivity index (χ4v) is 2.29. The number of aliphatic hydroxyl groups is 1. The van der Waals surface area contributed by atoms with Crippen LogP contribution in [0, 0.1) is 5.92 Å². The largest absolute Gasteiger partial charge is 0.392 e. The van der Waals surface area contributed by atoms with Gasteiger partial charge in [-0.05, 0) is 24.5 Å². The van der Waals surface area contributed by atoms with Gasteiger partial charge in [0.05, 0.1) is 6.61 Å². The second-order valence-electron chi connectivity index (χ2n) is 4.27. The van der Waals surface area contributed by atoms with Gasteiger partial charge in [0.1, 0.15) is 0 Å². The molecule has 1 unspecified atom stereocenters. The molecule has 0 aliphatic carbocycles. The molecule has 15 heavy (non-hydrogen) atoms. The van der Waals surface area contributed by atoms with Gasteiger partial charge < -0.3 is 10.0 Å². The molecule has 0 aromatic heterocycles. The van der Waals surface area contributed by atoms with Crippen molar-refractivity contribution in [2.75, 3.05) is 18.0 Å². The van der Waals surface area contributed by atoms with Crippen LogP contribution in [0.15, 0.2) is 18.2 Å². The zero-order chi connectivity index (χ0) is 10.8. The number of hydrogen-bond donors (Lipinski definition) is 1. The van der Waals surface area contributed by atoms with Gasteiger partial charge in [-0.15, -0.1) is 0 Å². The summed E-state index contributed by atoms with van der Waals surface area (Å²) < 4.78 is 0. The van der Waals surface area contributed by atoms with Gasteiger partial charge in [0.2, 0.25) is 0 Å². The van der Waals surface area contributed by atoms with Crippen molar-refractivity contribution in [3.63, 3.8) is 0 Å². The number of hydrogen-bond acceptors (Lipinski definition) is 2. The van der Waals surface area contributed by atoms with Gasteiger partial charge in [0.25, 0.3) is 0 Å². The van der Waals surface area contributed by atoms with Gasteiger partial charge in [0, 0.05) is 29.4 Å². The summed E-state index contributed by atoms with van der Waals surface area (Å²) in [7, 11) is 0. The van der Waals surface area contributed by atoms with Crippen molar-refractivity contribution in [1.29, 1.82) is 0 Å². The summed E-state index contributed by atoms with van der Waals surface area (Å²) in [6.07, 6.45) is 1.22. The highest BCUT2D eigenvalue weighted by Gasteiger charge is 2.20. The lowest BCUT2D eigenvalue weighted by atomic mass is 10.1. The van der Waals surface area contributed by atoms with Crippen molar-refractivity contribution in [3.8, 4) is 0 Å². The van der Waals surface area contributed by atoms with Crippen molar-refractivity contribution in [1.82, 2.24) is 0 Å². The summed E-state index contributed by atoms with van der Waals surface area (Å²) >= 11 is 5.98. The Kier molecular flexibility index (Phi) is 3.17. The molecule has 1 N–H and O–H groups in total. The maximum absolute atomic E-state index is 9.27. The van der Waals surface area contributed by atoms with Crippen LogP contribution in [0.3, 0.4) is 0 Å². The predicted octanol–water partition coefficient (Wildman–Crippen LogP) is 2.68.